The van der Waals surface area contributed by atoms with Crippen molar-refractivity contribution in [3.8, 4) is 0 Å². The first-order valence-electron chi connectivity index (χ1n) is 9.34. The van der Waals surface area contributed by atoms with Crippen molar-refractivity contribution >= 4 is 5.96 Å². The van der Waals surface area contributed by atoms with Gasteiger partial charge in [0, 0.05) is 38.6 Å². The van der Waals surface area contributed by atoms with Gasteiger partial charge in [0.1, 0.15) is 0 Å². The van der Waals surface area contributed by atoms with Crippen LogP contribution in [-0.2, 0) is 6.54 Å². The second-order valence-corrected chi connectivity index (χ2v) is 7.03. The largest absolute Gasteiger partial charge is 0.357 e. The summed E-state index contributed by atoms with van der Waals surface area (Å²) >= 11 is 0. The van der Waals surface area contributed by atoms with E-state index >= 15 is 0 Å². The zero-order valence-corrected chi connectivity index (χ0v) is 14.4. The summed E-state index contributed by atoms with van der Waals surface area (Å²) in [6, 6.07) is 1.96. The number of aliphatic imine (C=N–C) groups is 1. The van der Waals surface area contributed by atoms with Crippen molar-refractivity contribution in [2.24, 2.45) is 22.7 Å². The van der Waals surface area contributed by atoms with Crippen molar-refractivity contribution in [1.29, 1.82) is 0 Å². The summed E-state index contributed by atoms with van der Waals surface area (Å²) in [5, 5.41) is 11.1. The number of aromatic nitrogens is 2. The molecule has 128 valence electrons. The number of hydrogen-bond acceptors (Lipinski definition) is 2. The van der Waals surface area contributed by atoms with Gasteiger partial charge in [0.25, 0.3) is 0 Å². The molecule has 2 fully saturated rings. The molecule has 2 N–H and O–H groups in total. The molecule has 2 aliphatic carbocycles. The third-order valence-corrected chi connectivity index (χ3v) is 5.41. The second kappa shape index (κ2) is 8.37. The number of hydrogen-bond donors (Lipinski definition) is 2. The Bertz CT molecular complexity index is 482. The van der Waals surface area contributed by atoms with Gasteiger partial charge in [0.15, 0.2) is 5.96 Å². The zero-order chi connectivity index (χ0) is 15.9. The van der Waals surface area contributed by atoms with Crippen molar-refractivity contribution in [3.63, 3.8) is 0 Å². The van der Waals surface area contributed by atoms with Gasteiger partial charge < -0.3 is 10.6 Å². The van der Waals surface area contributed by atoms with Crippen LogP contribution in [0, 0.1) is 17.8 Å². The lowest BCUT2D eigenvalue weighted by Gasteiger charge is -2.22. The van der Waals surface area contributed by atoms with E-state index in [0.717, 1.165) is 56.3 Å². The highest BCUT2D eigenvalue weighted by molar-refractivity contribution is 5.79. The Morgan fingerprint density at radius 1 is 1.30 bits per heavy atom. The van der Waals surface area contributed by atoms with Gasteiger partial charge in [0.2, 0.25) is 0 Å². The van der Waals surface area contributed by atoms with E-state index in [1.807, 2.05) is 23.1 Å². The molecule has 23 heavy (non-hydrogen) atoms. The molecule has 5 heteroatoms. The molecule has 5 nitrogen and oxygen atoms in total. The molecule has 0 radical (unpaired) electrons. The van der Waals surface area contributed by atoms with Crippen LogP contribution in [0.5, 0.6) is 0 Å². The molecular weight excluding hydrogens is 286 g/mol. The van der Waals surface area contributed by atoms with E-state index in [2.05, 4.69) is 27.6 Å². The van der Waals surface area contributed by atoms with Gasteiger partial charge in [0.05, 0.1) is 0 Å². The maximum Gasteiger partial charge on any atom is 0.191 e. The van der Waals surface area contributed by atoms with E-state index in [0.29, 0.717) is 0 Å². The van der Waals surface area contributed by atoms with Crippen molar-refractivity contribution in [1.82, 2.24) is 20.4 Å². The van der Waals surface area contributed by atoms with Gasteiger partial charge in [-0.1, -0.05) is 6.42 Å². The molecular formula is C18H31N5. The van der Waals surface area contributed by atoms with Crippen LogP contribution in [0.4, 0.5) is 0 Å². The van der Waals surface area contributed by atoms with Crippen molar-refractivity contribution in [3.05, 3.63) is 18.5 Å². The van der Waals surface area contributed by atoms with Crippen LogP contribution in [0.1, 0.15) is 45.4 Å². The summed E-state index contributed by atoms with van der Waals surface area (Å²) in [7, 11) is 0. The average Bonchev–Trinajstić information content (AvgIpc) is 3.29. The summed E-state index contributed by atoms with van der Waals surface area (Å²) in [5.41, 5.74) is 0. The molecule has 2 bridgehead atoms. The Hall–Kier alpha value is -1.52. The van der Waals surface area contributed by atoms with Crippen LogP contribution in [0.15, 0.2) is 23.5 Å². The minimum Gasteiger partial charge on any atom is -0.357 e. The monoisotopic (exact) mass is 317 g/mol. The number of guanidine groups is 1. The minimum atomic E-state index is 0.837. The molecule has 0 amide bonds. The summed E-state index contributed by atoms with van der Waals surface area (Å²) in [6.07, 6.45) is 12.1. The normalized spacial score (nSPS) is 26.7. The quantitative estimate of drug-likeness (QED) is 0.440. The molecule has 0 aromatic carbocycles. The fraction of sp³-hybridized carbons (Fsp3) is 0.778. The molecule has 3 unspecified atom stereocenters. The van der Waals surface area contributed by atoms with Crippen LogP contribution >= 0.6 is 0 Å². The lowest BCUT2D eigenvalue weighted by atomic mass is 9.86. The summed E-state index contributed by atoms with van der Waals surface area (Å²) in [5.74, 6) is 4.00. The zero-order valence-electron chi connectivity index (χ0n) is 14.4. The SMILES string of the molecule is CCNC(=NCCCn1cccn1)NCCC1CC2CCC1C2. The molecule has 0 saturated heterocycles. The van der Waals surface area contributed by atoms with E-state index in [9.17, 15) is 0 Å². The van der Waals surface area contributed by atoms with Crippen LogP contribution < -0.4 is 10.6 Å². The molecule has 3 atom stereocenters. The smallest absolute Gasteiger partial charge is 0.191 e. The Labute approximate surface area is 139 Å². The van der Waals surface area contributed by atoms with Gasteiger partial charge in [-0.15, -0.1) is 0 Å². The fourth-order valence-electron chi connectivity index (χ4n) is 4.30. The maximum absolute atomic E-state index is 4.68. The molecule has 2 aliphatic rings. The summed E-state index contributed by atoms with van der Waals surface area (Å²) in [6.45, 7) is 5.86. The first-order valence-corrected chi connectivity index (χ1v) is 9.34. The standard InChI is InChI=1S/C18H31N5/c1-2-19-18(20-8-3-11-23-12-4-9-22-23)21-10-7-17-14-15-5-6-16(17)13-15/h4,9,12,15-17H,2-3,5-8,10-11,13-14H2,1H3,(H2,19,20,21). The van der Waals surface area contributed by atoms with Gasteiger partial charge in [-0.2, -0.15) is 5.10 Å². The predicted molar refractivity (Wildman–Crippen MR) is 94.4 cm³/mol. The average molecular weight is 317 g/mol. The predicted octanol–water partition coefficient (Wildman–Crippen LogP) is 2.65. The fourth-order valence-corrected chi connectivity index (χ4v) is 4.30. The lowest BCUT2D eigenvalue weighted by molar-refractivity contribution is 0.315. The van der Waals surface area contributed by atoms with E-state index in [-0.39, 0.29) is 0 Å². The number of rotatable bonds is 8. The topological polar surface area (TPSA) is 54.2 Å². The first-order chi connectivity index (χ1) is 11.3. The van der Waals surface area contributed by atoms with E-state index in [1.54, 1.807) is 0 Å². The molecule has 0 aliphatic heterocycles. The highest BCUT2D eigenvalue weighted by Crippen LogP contribution is 2.49. The summed E-state index contributed by atoms with van der Waals surface area (Å²) < 4.78 is 1.96. The van der Waals surface area contributed by atoms with Crippen LogP contribution in [0.3, 0.4) is 0 Å². The lowest BCUT2D eigenvalue weighted by Crippen LogP contribution is -2.38. The van der Waals surface area contributed by atoms with Gasteiger partial charge in [-0.25, -0.2) is 0 Å². The van der Waals surface area contributed by atoms with Crippen LogP contribution in [0.2, 0.25) is 0 Å². The van der Waals surface area contributed by atoms with E-state index < -0.39 is 0 Å². The van der Waals surface area contributed by atoms with Crippen molar-refractivity contribution in [2.75, 3.05) is 19.6 Å². The maximum atomic E-state index is 4.68. The third-order valence-electron chi connectivity index (χ3n) is 5.41. The van der Waals surface area contributed by atoms with Gasteiger partial charge in [-0.05, 0) is 62.8 Å². The van der Waals surface area contributed by atoms with Crippen molar-refractivity contribution in [2.45, 2.75) is 52.0 Å². The Morgan fingerprint density at radius 2 is 2.26 bits per heavy atom. The molecule has 2 saturated carbocycles. The first kappa shape index (κ1) is 16.3. The Kier molecular flexibility index (Phi) is 5.94. The number of aryl methyl sites for hydroxylation is 1. The van der Waals surface area contributed by atoms with Gasteiger partial charge in [-0.3, -0.25) is 9.67 Å². The second-order valence-electron chi connectivity index (χ2n) is 7.03. The number of nitrogens with zero attached hydrogens (tertiary/aromatic N) is 3. The highest BCUT2D eigenvalue weighted by atomic mass is 15.3. The Balaban J connectivity index is 1.34. The van der Waals surface area contributed by atoms with Gasteiger partial charge >= 0.3 is 0 Å². The molecule has 1 heterocycles. The minimum absolute atomic E-state index is 0.837. The number of nitrogens with one attached hydrogen (secondary N) is 2. The van der Waals surface area contributed by atoms with E-state index in [1.165, 1.54) is 32.1 Å². The summed E-state index contributed by atoms with van der Waals surface area (Å²) in [4.78, 5) is 4.68. The Morgan fingerprint density at radius 3 is 2.96 bits per heavy atom. The van der Waals surface area contributed by atoms with Crippen LogP contribution in [0.25, 0.3) is 0 Å². The van der Waals surface area contributed by atoms with E-state index in [4.69, 9.17) is 0 Å². The third kappa shape index (κ3) is 4.72. The highest BCUT2D eigenvalue weighted by Gasteiger charge is 2.38. The van der Waals surface area contributed by atoms with Crippen LogP contribution in [-0.4, -0.2) is 35.4 Å². The molecule has 1 aromatic heterocycles. The van der Waals surface area contributed by atoms with Crippen molar-refractivity contribution < 1.29 is 0 Å². The number of fused-ring (bicyclic) bond motifs is 2. The molecule has 3 rings (SSSR count). The molecule has 1 aromatic rings. The molecule has 0 spiro atoms.